The second-order valence-corrected chi connectivity index (χ2v) is 3.93. The summed E-state index contributed by atoms with van der Waals surface area (Å²) in [6.45, 7) is 0.367. The van der Waals surface area contributed by atoms with Crippen LogP contribution in [0.15, 0.2) is 54.7 Å². The average molecular weight is 256 g/mol. The summed E-state index contributed by atoms with van der Waals surface area (Å²) in [6, 6.07) is 11.5. The van der Waals surface area contributed by atoms with Crippen molar-refractivity contribution < 1.29 is 9.18 Å². The Labute approximate surface area is 110 Å². The van der Waals surface area contributed by atoms with Crippen LogP contribution >= 0.6 is 0 Å². The van der Waals surface area contributed by atoms with Crippen molar-refractivity contribution in [2.75, 3.05) is 0 Å². The highest BCUT2D eigenvalue weighted by molar-refractivity contribution is 5.91. The van der Waals surface area contributed by atoms with Crippen LogP contribution in [0.5, 0.6) is 0 Å². The number of carbonyl (C=O) groups excluding carboxylic acids is 1. The first kappa shape index (κ1) is 13.0. The van der Waals surface area contributed by atoms with E-state index in [4.69, 9.17) is 0 Å². The Morgan fingerprint density at radius 3 is 2.68 bits per heavy atom. The number of aromatic nitrogens is 1. The number of hydrogen-bond acceptors (Lipinski definition) is 2. The fourth-order valence-electron chi connectivity index (χ4n) is 1.49. The van der Waals surface area contributed by atoms with Gasteiger partial charge in [0, 0.05) is 18.8 Å². The van der Waals surface area contributed by atoms with Crippen LogP contribution < -0.4 is 5.32 Å². The standard InChI is InChI=1S/C15H13FN2O/c16-13-6-4-12(5-7-13)11-18-15(19)9-8-14-3-1-2-10-17-14/h1-10H,11H2,(H,18,19)/b9-8+. The van der Waals surface area contributed by atoms with Crippen molar-refractivity contribution in [1.29, 1.82) is 0 Å². The van der Waals surface area contributed by atoms with Gasteiger partial charge in [-0.15, -0.1) is 0 Å². The van der Waals surface area contributed by atoms with Crippen molar-refractivity contribution in [2.24, 2.45) is 0 Å². The summed E-state index contributed by atoms with van der Waals surface area (Å²) >= 11 is 0. The van der Waals surface area contributed by atoms with Gasteiger partial charge in [0.2, 0.25) is 5.91 Å². The van der Waals surface area contributed by atoms with Crippen molar-refractivity contribution in [3.8, 4) is 0 Å². The monoisotopic (exact) mass is 256 g/mol. The Morgan fingerprint density at radius 2 is 2.00 bits per heavy atom. The minimum Gasteiger partial charge on any atom is -0.348 e. The minimum atomic E-state index is -0.287. The lowest BCUT2D eigenvalue weighted by Crippen LogP contribution is -2.20. The van der Waals surface area contributed by atoms with Crippen LogP contribution in [0.2, 0.25) is 0 Å². The molecule has 19 heavy (non-hydrogen) atoms. The van der Waals surface area contributed by atoms with E-state index in [1.807, 2.05) is 18.2 Å². The highest BCUT2D eigenvalue weighted by Gasteiger charge is 1.97. The lowest BCUT2D eigenvalue weighted by Gasteiger charge is -2.02. The van der Waals surface area contributed by atoms with Gasteiger partial charge < -0.3 is 5.32 Å². The molecule has 0 spiro atoms. The topological polar surface area (TPSA) is 42.0 Å². The molecule has 0 unspecified atom stereocenters. The molecule has 1 amide bonds. The van der Waals surface area contributed by atoms with E-state index in [1.165, 1.54) is 18.2 Å². The molecule has 0 atom stereocenters. The van der Waals surface area contributed by atoms with Gasteiger partial charge in [-0.1, -0.05) is 18.2 Å². The molecule has 3 nitrogen and oxygen atoms in total. The molecule has 4 heteroatoms. The maximum absolute atomic E-state index is 12.7. The first-order chi connectivity index (χ1) is 9.24. The summed E-state index contributed by atoms with van der Waals surface area (Å²) in [5, 5.41) is 2.71. The molecule has 1 aromatic heterocycles. The van der Waals surface area contributed by atoms with Gasteiger partial charge in [-0.3, -0.25) is 9.78 Å². The van der Waals surface area contributed by atoms with E-state index < -0.39 is 0 Å². The zero-order chi connectivity index (χ0) is 13.5. The highest BCUT2D eigenvalue weighted by Crippen LogP contribution is 2.02. The third kappa shape index (κ3) is 4.35. The lowest BCUT2D eigenvalue weighted by atomic mass is 10.2. The van der Waals surface area contributed by atoms with E-state index in [1.54, 1.807) is 24.4 Å². The van der Waals surface area contributed by atoms with Gasteiger partial charge in [-0.2, -0.15) is 0 Å². The number of nitrogens with zero attached hydrogens (tertiary/aromatic N) is 1. The molecular weight excluding hydrogens is 243 g/mol. The van der Waals surface area contributed by atoms with Crippen LogP contribution in [0.1, 0.15) is 11.3 Å². The van der Waals surface area contributed by atoms with E-state index in [2.05, 4.69) is 10.3 Å². The van der Waals surface area contributed by atoms with Crippen LogP contribution in [0, 0.1) is 5.82 Å². The molecule has 0 bridgehead atoms. The second kappa shape index (κ2) is 6.44. The van der Waals surface area contributed by atoms with Crippen LogP contribution in [-0.2, 0) is 11.3 Å². The number of halogens is 1. The number of nitrogens with one attached hydrogen (secondary N) is 1. The molecule has 96 valence electrons. The first-order valence-electron chi connectivity index (χ1n) is 5.85. The quantitative estimate of drug-likeness (QED) is 0.854. The summed E-state index contributed by atoms with van der Waals surface area (Å²) in [4.78, 5) is 15.6. The molecule has 0 aliphatic carbocycles. The average Bonchev–Trinajstić information content (AvgIpc) is 2.45. The molecule has 1 N–H and O–H groups in total. The van der Waals surface area contributed by atoms with Crippen LogP contribution in [0.4, 0.5) is 4.39 Å². The van der Waals surface area contributed by atoms with Crippen molar-refractivity contribution in [2.45, 2.75) is 6.54 Å². The molecule has 1 heterocycles. The largest absolute Gasteiger partial charge is 0.348 e. The number of benzene rings is 1. The predicted molar refractivity (Wildman–Crippen MR) is 71.5 cm³/mol. The summed E-state index contributed by atoms with van der Waals surface area (Å²) in [5.41, 5.74) is 1.57. The van der Waals surface area contributed by atoms with Crippen molar-refractivity contribution >= 4 is 12.0 Å². The molecule has 1 aromatic carbocycles. The Hall–Kier alpha value is -2.49. The minimum absolute atomic E-state index is 0.213. The fraction of sp³-hybridized carbons (Fsp3) is 0.0667. The molecule has 0 fully saturated rings. The molecule has 0 saturated carbocycles. The number of amides is 1. The van der Waals surface area contributed by atoms with Crippen molar-refractivity contribution in [3.63, 3.8) is 0 Å². The number of carbonyl (C=O) groups is 1. The molecule has 2 rings (SSSR count). The molecular formula is C15H13FN2O. The van der Waals surface area contributed by atoms with Crippen LogP contribution in [-0.4, -0.2) is 10.9 Å². The third-order valence-corrected chi connectivity index (χ3v) is 2.47. The van der Waals surface area contributed by atoms with E-state index in [9.17, 15) is 9.18 Å². The van der Waals surface area contributed by atoms with Gasteiger partial charge in [-0.05, 0) is 35.9 Å². The number of rotatable bonds is 4. The molecule has 0 saturated heterocycles. The smallest absolute Gasteiger partial charge is 0.244 e. The van der Waals surface area contributed by atoms with Crippen LogP contribution in [0.3, 0.4) is 0 Å². The maximum atomic E-state index is 12.7. The van der Waals surface area contributed by atoms with E-state index in [0.717, 1.165) is 11.3 Å². The first-order valence-corrected chi connectivity index (χ1v) is 5.85. The van der Waals surface area contributed by atoms with Crippen LogP contribution in [0.25, 0.3) is 6.08 Å². The molecule has 0 radical (unpaired) electrons. The summed E-state index contributed by atoms with van der Waals surface area (Å²) in [7, 11) is 0. The van der Waals surface area contributed by atoms with E-state index >= 15 is 0 Å². The maximum Gasteiger partial charge on any atom is 0.244 e. The van der Waals surface area contributed by atoms with Crippen molar-refractivity contribution in [3.05, 3.63) is 71.8 Å². The van der Waals surface area contributed by atoms with Gasteiger partial charge >= 0.3 is 0 Å². The zero-order valence-corrected chi connectivity index (χ0v) is 10.2. The Morgan fingerprint density at radius 1 is 1.21 bits per heavy atom. The Balaban J connectivity index is 1.85. The summed E-state index contributed by atoms with van der Waals surface area (Å²) in [6.07, 6.45) is 4.72. The van der Waals surface area contributed by atoms with Gasteiger partial charge in [0.15, 0.2) is 0 Å². The van der Waals surface area contributed by atoms with Gasteiger partial charge in [0.05, 0.1) is 5.69 Å². The SMILES string of the molecule is O=C(/C=C/c1ccccn1)NCc1ccc(F)cc1. The predicted octanol–water partition coefficient (Wildman–Crippen LogP) is 2.55. The summed E-state index contributed by atoms with van der Waals surface area (Å²) < 4.78 is 12.7. The Kier molecular flexibility index (Phi) is 4.39. The third-order valence-electron chi connectivity index (χ3n) is 2.47. The number of pyridine rings is 1. The zero-order valence-electron chi connectivity index (χ0n) is 10.2. The van der Waals surface area contributed by atoms with Gasteiger partial charge in [-0.25, -0.2) is 4.39 Å². The molecule has 0 aliphatic rings. The fourth-order valence-corrected chi connectivity index (χ4v) is 1.49. The second-order valence-electron chi connectivity index (χ2n) is 3.93. The van der Waals surface area contributed by atoms with Gasteiger partial charge in [0.25, 0.3) is 0 Å². The highest BCUT2D eigenvalue weighted by atomic mass is 19.1. The number of hydrogen-bond donors (Lipinski definition) is 1. The Bertz CT molecular complexity index is 564. The molecule has 0 aliphatic heterocycles. The molecule has 2 aromatic rings. The van der Waals surface area contributed by atoms with E-state index in [0.29, 0.717) is 6.54 Å². The summed E-state index contributed by atoms with van der Waals surface area (Å²) in [5.74, 6) is -0.500. The van der Waals surface area contributed by atoms with Crippen molar-refractivity contribution in [1.82, 2.24) is 10.3 Å². The van der Waals surface area contributed by atoms with Gasteiger partial charge in [0.1, 0.15) is 5.82 Å². The van der Waals surface area contributed by atoms with E-state index in [-0.39, 0.29) is 11.7 Å². The lowest BCUT2D eigenvalue weighted by molar-refractivity contribution is -0.116. The normalized spacial score (nSPS) is 10.6.